The van der Waals surface area contributed by atoms with Crippen LogP contribution in [-0.4, -0.2) is 54.0 Å². The van der Waals surface area contributed by atoms with Crippen LogP contribution in [0.1, 0.15) is 27.7 Å². The van der Waals surface area contributed by atoms with Crippen LogP contribution in [0.4, 0.5) is 0 Å². The second kappa shape index (κ2) is 3.88. The van der Waals surface area contributed by atoms with Gasteiger partial charge in [0.25, 0.3) is 0 Å². The normalized spacial score (nSPS) is 48.8. The predicted octanol–water partition coefficient (Wildman–Crippen LogP) is 0.375. The minimum atomic E-state index is -0.708. The number of fused-ring (bicyclic) bond motifs is 3. The van der Waals surface area contributed by atoms with Crippen LogP contribution in [0.5, 0.6) is 0 Å². The summed E-state index contributed by atoms with van der Waals surface area (Å²) in [5.74, 6) is -1.41. The largest absolute Gasteiger partial charge is 0.394 e. The Bertz CT molecular complexity index is 341. The lowest BCUT2D eigenvalue weighted by Gasteiger charge is -2.36. The molecule has 5 atom stereocenters. The number of ether oxygens (including phenoxy) is 5. The molecule has 2 unspecified atom stereocenters. The van der Waals surface area contributed by atoms with Crippen molar-refractivity contribution in [3.8, 4) is 0 Å². The van der Waals surface area contributed by atoms with E-state index in [-0.39, 0.29) is 24.9 Å². The topological polar surface area (TPSA) is 66.4 Å². The summed E-state index contributed by atoms with van der Waals surface area (Å²) >= 11 is 0. The minimum Gasteiger partial charge on any atom is -0.394 e. The fraction of sp³-hybridized carbons (Fsp3) is 1.00. The first-order valence-electron chi connectivity index (χ1n) is 6.29. The quantitative estimate of drug-likeness (QED) is 0.735. The molecule has 0 spiro atoms. The summed E-state index contributed by atoms with van der Waals surface area (Å²) < 4.78 is 28.9. The van der Waals surface area contributed by atoms with Gasteiger partial charge in [-0.25, -0.2) is 0 Å². The molecule has 6 nitrogen and oxygen atoms in total. The van der Waals surface area contributed by atoms with Crippen molar-refractivity contribution >= 4 is 0 Å². The van der Waals surface area contributed by atoms with E-state index in [1.807, 2.05) is 27.7 Å². The molecule has 0 aromatic carbocycles. The first kappa shape index (κ1) is 12.8. The van der Waals surface area contributed by atoms with Crippen molar-refractivity contribution in [2.75, 3.05) is 6.61 Å². The highest BCUT2D eigenvalue weighted by Gasteiger charge is 2.60. The van der Waals surface area contributed by atoms with Crippen LogP contribution in [0.25, 0.3) is 0 Å². The highest BCUT2D eigenvalue weighted by atomic mass is 16.9. The van der Waals surface area contributed by atoms with E-state index >= 15 is 0 Å². The monoisotopic (exact) mass is 260 g/mol. The Morgan fingerprint density at radius 3 is 2.06 bits per heavy atom. The van der Waals surface area contributed by atoms with Gasteiger partial charge >= 0.3 is 0 Å². The predicted molar refractivity (Wildman–Crippen MR) is 59.6 cm³/mol. The standard InChI is InChI=1S/C12H20O6/c1-11(2)15-7-6(5-13)14-10-9(8(7)16-11)17-12(3,4)18-10/h6-10,13H,5H2,1-4H3/t6-,7+,8?,9-,10?/m0/s1. The van der Waals surface area contributed by atoms with Gasteiger partial charge < -0.3 is 28.8 Å². The van der Waals surface area contributed by atoms with E-state index in [0.717, 1.165) is 0 Å². The average molecular weight is 260 g/mol. The Balaban J connectivity index is 1.86. The van der Waals surface area contributed by atoms with E-state index in [4.69, 9.17) is 23.7 Å². The second-order valence-corrected chi connectivity index (χ2v) is 5.89. The first-order chi connectivity index (χ1) is 8.31. The van der Waals surface area contributed by atoms with Gasteiger partial charge in [0.05, 0.1) is 6.61 Å². The van der Waals surface area contributed by atoms with Crippen molar-refractivity contribution in [1.82, 2.24) is 0 Å². The third kappa shape index (κ3) is 1.97. The molecule has 0 radical (unpaired) electrons. The Labute approximate surface area is 106 Å². The summed E-state index contributed by atoms with van der Waals surface area (Å²) in [6.45, 7) is 7.22. The van der Waals surface area contributed by atoms with E-state index in [1.54, 1.807) is 0 Å². The van der Waals surface area contributed by atoms with Crippen molar-refractivity contribution in [2.45, 2.75) is 70.0 Å². The number of aliphatic hydroxyl groups excluding tert-OH is 1. The molecule has 3 aliphatic heterocycles. The summed E-state index contributed by atoms with van der Waals surface area (Å²) in [5.41, 5.74) is 0. The molecule has 3 saturated heterocycles. The molecule has 0 bridgehead atoms. The highest BCUT2D eigenvalue weighted by molar-refractivity contribution is 4.99. The minimum absolute atomic E-state index is 0.131. The molecule has 0 aliphatic carbocycles. The molecule has 1 N–H and O–H groups in total. The molecular formula is C12H20O6. The lowest BCUT2D eigenvalue weighted by molar-refractivity contribution is -0.240. The van der Waals surface area contributed by atoms with Gasteiger partial charge in [-0.05, 0) is 27.7 Å². The fourth-order valence-electron chi connectivity index (χ4n) is 2.84. The Kier molecular flexibility index (Phi) is 2.75. The van der Waals surface area contributed by atoms with Crippen molar-refractivity contribution in [1.29, 1.82) is 0 Å². The average Bonchev–Trinajstić information content (AvgIpc) is 2.71. The zero-order valence-corrected chi connectivity index (χ0v) is 11.1. The fourth-order valence-corrected chi connectivity index (χ4v) is 2.84. The first-order valence-corrected chi connectivity index (χ1v) is 6.29. The van der Waals surface area contributed by atoms with Crippen molar-refractivity contribution in [3.05, 3.63) is 0 Å². The number of aliphatic hydroxyl groups is 1. The SMILES string of the molecule is CC1(C)OC2O[C@@H](CO)[C@H]3OC(C)(C)OC3[C@@H]2O1. The summed E-state index contributed by atoms with van der Waals surface area (Å²) in [5, 5.41) is 9.40. The maximum Gasteiger partial charge on any atom is 0.190 e. The molecule has 18 heavy (non-hydrogen) atoms. The smallest absolute Gasteiger partial charge is 0.190 e. The second-order valence-electron chi connectivity index (χ2n) is 5.89. The molecule has 3 rings (SSSR count). The summed E-state index contributed by atoms with van der Waals surface area (Å²) in [6.07, 6.45) is -1.90. The van der Waals surface area contributed by atoms with Crippen LogP contribution >= 0.6 is 0 Å². The van der Waals surface area contributed by atoms with E-state index in [0.29, 0.717) is 0 Å². The van der Waals surface area contributed by atoms with E-state index in [9.17, 15) is 5.11 Å². The Hall–Kier alpha value is -0.240. The molecule has 3 heterocycles. The van der Waals surface area contributed by atoms with Gasteiger partial charge in [-0.3, -0.25) is 0 Å². The van der Waals surface area contributed by atoms with Crippen molar-refractivity contribution in [2.24, 2.45) is 0 Å². The van der Waals surface area contributed by atoms with E-state index < -0.39 is 24.0 Å². The van der Waals surface area contributed by atoms with Crippen LogP contribution in [0.15, 0.2) is 0 Å². The van der Waals surface area contributed by atoms with Gasteiger partial charge in [0.15, 0.2) is 17.9 Å². The van der Waals surface area contributed by atoms with Crippen LogP contribution in [-0.2, 0) is 23.7 Å². The van der Waals surface area contributed by atoms with Crippen molar-refractivity contribution < 1.29 is 28.8 Å². The van der Waals surface area contributed by atoms with Gasteiger partial charge in [-0.15, -0.1) is 0 Å². The molecule has 0 aromatic rings. The van der Waals surface area contributed by atoms with Crippen LogP contribution < -0.4 is 0 Å². The Morgan fingerprint density at radius 1 is 0.833 bits per heavy atom. The van der Waals surface area contributed by atoms with Gasteiger partial charge in [0.2, 0.25) is 0 Å². The lowest BCUT2D eigenvalue weighted by Crippen LogP contribution is -2.56. The molecule has 3 fully saturated rings. The maximum absolute atomic E-state index is 9.40. The number of rotatable bonds is 1. The summed E-state index contributed by atoms with van der Waals surface area (Å²) in [6, 6.07) is 0. The summed E-state index contributed by atoms with van der Waals surface area (Å²) in [7, 11) is 0. The molecule has 0 amide bonds. The molecule has 0 aromatic heterocycles. The van der Waals surface area contributed by atoms with Crippen LogP contribution in [0.3, 0.4) is 0 Å². The Morgan fingerprint density at radius 2 is 1.39 bits per heavy atom. The molecule has 6 heteroatoms. The van der Waals surface area contributed by atoms with Crippen LogP contribution in [0, 0.1) is 0 Å². The third-order valence-corrected chi connectivity index (χ3v) is 3.43. The molecule has 0 saturated carbocycles. The molecule has 3 aliphatic rings. The molecular weight excluding hydrogens is 240 g/mol. The van der Waals surface area contributed by atoms with Gasteiger partial charge in [0.1, 0.15) is 24.4 Å². The lowest BCUT2D eigenvalue weighted by atomic mass is 9.99. The van der Waals surface area contributed by atoms with E-state index in [1.165, 1.54) is 0 Å². The maximum atomic E-state index is 9.40. The van der Waals surface area contributed by atoms with Gasteiger partial charge in [-0.1, -0.05) is 0 Å². The zero-order valence-electron chi connectivity index (χ0n) is 11.1. The highest BCUT2D eigenvalue weighted by Crippen LogP contribution is 2.43. The van der Waals surface area contributed by atoms with Crippen molar-refractivity contribution in [3.63, 3.8) is 0 Å². The number of hydrogen-bond acceptors (Lipinski definition) is 6. The van der Waals surface area contributed by atoms with Gasteiger partial charge in [-0.2, -0.15) is 0 Å². The number of hydrogen-bond donors (Lipinski definition) is 1. The van der Waals surface area contributed by atoms with Gasteiger partial charge in [0, 0.05) is 0 Å². The summed E-state index contributed by atoms with van der Waals surface area (Å²) in [4.78, 5) is 0. The molecule has 104 valence electrons. The van der Waals surface area contributed by atoms with E-state index in [2.05, 4.69) is 0 Å². The third-order valence-electron chi connectivity index (χ3n) is 3.43. The van der Waals surface area contributed by atoms with Crippen LogP contribution in [0.2, 0.25) is 0 Å². The zero-order chi connectivity index (χ0) is 13.1.